The largest absolute Gasteiger partial charge is 0.289 e. The fraction of sp³-hybridized carbons (Fsp3) is 0.188. The van der Waals surface area contributed by atoms with Crippen molar-refractivity contribution in [1.29, 1.82) is 0 Å². The van der Waals surface area contributed by atoms with Gasteiger partial charge in [-0.15, -0.1) is 0 Å². The maximum Gasteiger partial charge on any atom is 0.272 e. The maximum atomic E-state index is 12.4. The Labute approximate surface area is 136 Å². The molecule has 0 saturated carbocycles. The molecule has 4 aromatic rings. The third-order valence-electron chi connectivity index (χ3n) is 3.75. The molecule has 4 rings (SSSR count). The summed E-state index contributed by atoms with van der Waals surface area (Å²) in [6.07, 6.45) is 3.44. The Bertz CT molecular complexity index is 1070. The lowest BCUT2D eigenvalue weighted by Gasteiger charge is -2.02. The average molecular weight is 321 g/mol. The van der Waals surface area contributed by atoms with Crippen molar-refractivity contribution in [2.45, 2.75) is 20.4 Å². The van der Waals surface area contributed by atoms with Gasteiger partial charge in [-0.3, -0.25) is 14.9 Å². The van der Waals surface area contributed by atoms with Crippen LogP contribution in [0.3, 0.4) is 0 Å². The van der Waals surface area contributed by atoms with Crippen LogP contribution in [0.2, 0.25) is 0 Å². The molecule has 0 spiro atoms. The summed E-state index contributed by atoms with van der Waals surface area (Å²) in [6.45, 7) is 4.12. The number of fused-ring (bicyclic) bond motifs is 1. The molecule has 0 radical (unpaired) electrons. The minimum Gasteiger partial charge on any atom is -0.289 e. The molecule has 4 aromatic heterocycles. The van der Waals surface area contributed by atoms with Crippen molar-refractivity contribution in [3.63, 3.8) is 0 Å². The van der Waals surface area contributed by atoms with Crippen LogP contribution in [-0.4, -0.2) is 34.3 Å². The van der Waals surface area contributed by atoms with Gasteiger partial charge in [0.1, 0.15) is 11.6 Å². The van der Waals surface area contributed by atoms with Crippen molar-refractivity contribution in [3.05, 3.63) is 64.4 Å². The van der Waals surface area contributed by atoms with Gasteiger partial charge in [-0.1, -0.05) is 0 Å². The minimum absolute atomic E-state index is 0.167. The average Bonchev–Trinajstić information content (AvgIpc) is 3.12. The number of rotatable bonds is 3. The van der Waals surface area contributed by atoms with E-state index < -0.39 is 0 Å². The van der Waals surface area contributed by atoms with Gasteiger partial charge >= 0.3 is 0 Å². The zero-order chi connectivity index (χ0) is 16.7. The summed E-state index contributed by atoms with van der Waals surface area (Å²) in [5, 5.41) is 7.36. The van der Waals surface area contributed by atoms with Crippen LogP contribution in [0.5, 0.6) is 0 Å². The molecule has 0 aliphatic carbocycles. The smallest absolute Gasteiger partial charge is 0.272 e. The molecule has 0 unspecified atom stereocenters. The maximum absolute atomic E-state index is 12.4. The predicted molar refractivity (Wildman–Crippen MR) is 87.6 cm³/mol. The molecule has 0 aromatic carbocycles. The number of aryl methyl sites for hydroxylation is 2. The van der Waals surface area contributed by atoms with Crippen LogP contribution in [-0.2, 0) is 6.54 Å². The molecule has 0 atom stereocenters. The Balaban J connectivity index is 1.77. The van der Waals surface area contributed by atoms with Gasteiger partial charge in [0.05, 0.1) is 17.9 Å². The molecule has 4 heterocycles. The van der Waals surface area contributed by atoms with Crippen LogP contribution in [0.1, 0.15) is 17.3 Å². The minimum atomic E-state index is -0.167. The summed E-state index contributed by atoms with van der Waals surface area (Å²) in [5.41, 5.74) is 2.72. The fourth-order valence-corrected chi connectivity index (χ4v) is 2.66. The molecule has 0 saturated heterocycles. The number of hydrogen-bond acceptors (Lipinski definition) is 5. The topological polar surface area (TPSA) is 93.8 Å². The Hall–Kier alpha value is -3.29. The van der Waals surface area contributed by atoms with Crippen LogP contribution in [0, 0.1) is 13.8 Å². The van der Waals surface area contributed by atoms with Crippen molar-refractivity contribution in [3.8, 4) is 11.3 Å². The van der Waals surface area contributed by atoms with Gasteiger partial charge in [-0.05, 0) is 26.0 Å². The number of nitrogens with one attached hydrogen (secondary N) is 1. The zero-order valence-electron chi connectivity index (χ0n) is 13.3. The first kappa shape index (κ1) is 14.3. The van der Waals surface area contributed by atoms with E-state index in [0.717, 1.165) is 17.1 Å². The Morgan fingerprint density at radius 3 is 2.79 bits per heavy atom. The fourth-order valence-electron chi connectivity index (χ4n) is 2.66. The second kappa shape index (κ2) is 5.41. The standard InChI is InChI=1S/C16H15N7O/c1-10-18-11(2)22(20-10)9-13-6-16(24)23-15(19-13)7-14(21-23)12-4-3-5-17-8-12/h3-8,21H,9H2,1-2H3. The molecule has 120 valence electrons. The molecule has 24 heavy (non-hydrogen) atoms. The molecule has 8 nitrogen and oxygen atoms in total. The number of hydrogen-bond donors (Lipinski definition) is 1. The van der Waals surface area contributed by atoms with Crippen LogP contribution < -0.4 is 5.56 Å². The number of nitrogens with zero attached hydrogens (tertiary/aromatic N) is 6. The highest BCUT2D eigenvalue weighted by Crippen LogP contribution is 2.16. The first-order chi connectivity index (χ1) is 11.6. The van der Waals surface area contributed by atoms with E-state index in [2.05, 4.69) is 25.1 Å². The van der Waals surface area contributed by atoms with E-state index in [9.17, 15) is 4.79 Å². The Morgan fingerprint density at radius 1 is 1.21 bits per heavy atom. The van der Waals surface area contributed by atoms with Crippen molar-refractivity contribution in [2.24, 2.45) is 0 Å². The van der Waals surface area contributed by atoms with E-state index >= 15 is 0 Å². The first-order valence-corrected chi connectivity index (χ1v) is 7.50. The van der Waals surface area contributed by atoms with Crippen LogP contribution in [0.15, 0.2) is 41.5 Å². The number of H-pyrrole nitrogens is 1. The molecule has 1 N–H and O–H groups in total. The summed E-state index contributed by atoms with van der Waals surface area (Å²) < 4.78 is 3.16. The molecule has 0 fully saturated rings. The predicted octanol–water partition coefficient (Wildman–Crippen LogP) is 1.34. The summed E-state index contributed by atoms with van der Waals surface area (Å²) in [7, 11) is 0. The first-order valence-electron chi connectivity index (χ1n) is 7.50. The van der Waals surface area contributed by atoms with Gasteiger partial charge in [0.2, 0.25) is 0 Å². The molecular weight excluding hydrogens is 306 g/mol. The molecule has 8 heteroatoms. The van der Waals surface area contributed by atoms with Gasteiger partial charge in [0.25, 0.3) is 5.56 Å². The second-order valence-electron chi connectivity index (χ2n) is 5.55. The van der Waals surface area contributed by atoms with Gasteiger partial charge < -0.3 is 0 Å². The molecule has 0 amide bonds. The van der Waals surface area contributed by atoms with Crippen molar-refractivity contribution < 1.29 is 0 Å². The van der Waals surface area contributed by atoms with Crippen molar-refractivity contribution >= 4 is 5.65 Å². The third-order valence-corrected chi connectivity index (χ3v) is 3.75. The molecule has 0 aliphatic heterocycles. The highest BCUT2D eigenvalue weighted by Gasteiger charge is 2.10. The quantitative estimate of drug-likeness (QED) is 0.614. The zero-order valence-corrected chi connectivity index (χ0v) is 13.3. The van der Waals surface area contributed by atoms with E-state index in [1.54, 1.807) is 17.1 Å². The SMILES string of the molecule is Cc1nc(C)n(Cc2cc(=O)n3[nH]c(-c4cccnc4)cc3n2)n1. The van der Waals surface area contributed by atoms with E-state index in [-0.39, 0.29) is 5.56 Å². The van der Waals surface area contributed by atoms with Crippen LogP contribution >= 0.6 is 0 Å². The van der Waals surface area contributed by atoms with Gasteiger partial charge in [-0.25, -0.2) is 19.2 Å². The number of aromatic nitrogens is 7. The van der Waals surface area contributed by atoms with Gasteiger partial charge in [0, 0.05) is 30.1 Å². The van der Waals surface area contributed by atoms with Crippen LogP contribution in [0.25, 0.3) is 16.9 Å². The summed E-state index contributed by atoms with van der Waals surface area (Å²) in [6, 6.07) is 7.11. The summed E-state index contributed by atoms with van der Waals surface area (Å²) in [5.74, 6) is 1.49. The van der Waals surface area contributed by atoms with E-state index in [0.29, 0.717) is 23.7 Å². The Kier molecular flexibility index (Phi) is 3.23. The van der Waals surface area contributed by atoms with Crippen molar-refractivity contribution in [2.75, 3.05) is 0 Å². The highest BCUT2D eigenvalue weighted by atomic mass is 16.1. The second-order valence-corrected chi connectivity index (χ2v) is 5.55. The Morgan fingerprint density at radius 2 is 2.08 bits per heavy atom. The van der Waals surface area contributed by atoms with Crippen LogP contribution in [0.4, 0.5) is 0 Å². The lowest BCUT2D eigenvalue weighted by Crippen LogP contribution is -2.17. The summed E-state index contributed by atoms with van der Waals surface area (Å²) in [4.78, 5) is 25.3. The van der Waals surface area contributed by atoms with Gasteiger partial charge in [-0.2, -0.15) is 5.10 Å². The summed E-state index contributed by atoms with van der Waals surface area (Å²) >= 11 is 0. The number of aromatic amines is 1. The molecule has 0 bridgehead atoms. The monoisotopic (exact) mass is 321 g/mol. The van der Waals surface area contributed by atoms with Gasteiger partial charge in [0.15, 0.2) is 5.65 Å². The van der Waals surface area contributed by atoms with E-state index in [1.165, 1.54) is 10.6 Å². The lowest BCUT2D eigenvalue weighted by molar-refractivity contribution is 0.642. The molecular formula is C16H15N7O. The third kappa shape index (κ3) is 2.47. The lowest BCUT2D eigenvalue weighted by atomic mass is 10.2. The normalized spacial score (nSPS) is 11.2. The number of pyridine rings is 1. The van der Waals surface area contributed by atoms with E-state index in [4.69, 9.17) is 0 Å². The van der Waals surface area contributed by atoms with Crippen molar-refractivity contribution in [1.82, 2.24) is 34.3 Å². The van der Waals surface area contributed by atoms with E-state index in [1.807, 2.05) is 32.0 Å². The molecule has 0 aliphatic rings. The highest BCUT2D eigenvalue weighted by molar-refractivity contribution is 5.62.